The number of rotatable bonds is 6. The van der Waals surface area contributed by atoms with E-state index >= 15 is 0 Å². The first-order valence-corrected chi connectivity index (χ1v) is 6.36. The highest BCUT2D eigenvalue weighted by atomic mass is 19.1. The highest BCUT2D eigenvalue weighted by Gasteiger charge is 2.23. The summed E-state index contributed by atoms with van der Waals surface area (Å²) < 4.78 is 13.7. The van der Waals surface area contributed by atoms with Gasteiger partial charge in [-0.1, -0.05) is 13.8 Å². The van der Waals surface area contributed by atoms with Crippen molar-refractivity contribution in [2.75, 3.05) is 18.4 Å². The van der Waals surface area contributed by atoms with Crippen molar-refractivity contribution in [3.8, 4) is 0 Å². The Labute approximate surface area is 116 Å². The summed E-state index contributed by atoms with van der Waals surface area (Å²) in [6, 6.07) is 1.94. The van der Waals surface area contributed by atoms with Crippen molar-refractivity contribution in [1.29, 1.82) is 0 Å². The molecule has 0 aromatic heterocycles. The number of carbonyl (C=O) groups is 1. The Morgan fingerprint density at radius 2 is 2.10 bits per heavy atom. The van der Waals surface area contributed by atoms with E-state index in [9.17, 15) is 19.3 Å². The zero-order valence-electron chi connectivity index (χ0n) is 11.7. The van der Waals surface area contributed by atoms with E-state index in [4.69, 9.17) is 0 Å². The molecule has 1 rings (SSSR count). The van der Waals surface area contributed by atoms with E-state index in [0.29, 0.717) is 13.1 Å². The second-order valence-corrected chi connectivity index (χ2v) is 4.74. The molecule has 1 amide bonds. The van der Waals surface area contributed by atoms with Gasteiger partial charge in [0.15, 0.2) is 5.82 Å². The molecule has 2 N–H and O–H groups in total. The third-order valence-corrected chi connectivity index (χ3v) is 2.56. The standard InChI is InChI=1S/C13H18FN3O3/c1-4-15-11-5-9(13(18)16-7-8(2)3)12(17(19)20)6-10(11)14/h5-6,8,15H,4,7H2,1-3H3,(H,16,18). The van der Waals surface area contributed by atoms with E-state index in [1.807, 2.05) is 13.8 Å². The molecule has 1 aromatic rings. The van der Waals surface area contributed by atoms with Crippen LogP contribution in [0.5, 0.6) is 0 Å². The van der Waals surface area contributed by atoms with Crippen LogP contribution >= 0.6 is 0 Å². The quantitative estimate of drug-likeness (QED) is 0.620. The minimum absolute atomic E-state index is 0.0767. The third-order valence-electron chi connectivity index (χ3n) is 2.56. The lowest BCUT2D eigenvalue weighted by Crippen LogP contribution is -2.28. The minimum Gasteiger partial charge on any atom is -0.383 e. The average Bonchev–Trinajstić information content (AvgIpc) is 2.37. The van der Waals surface area contributed by atoms with Crippen molar-refractivity contribution >= 4 is 17.3 Å². The molecule has 0 unspecified atom stereocenters. The van der Waals surface area contributed by atoms with Gasteiger partial charge in [-0.3, -0.25) is 14.9 Å². The van der Waals surface area contributed by atoms with Crippen LogP contribution in [0.25, 0.3) is 0 Å². The Balaban J connectivity index is 3.16. The molecular weight excluding hydrogens is 265 g/mol. The smallest absolute Gasteiger partial charge is 0.285 e. The van der Waals surface area contributed by atoms with Gasteiger partial charge >= 0.3 is 0 Å². The lowest BCUT2D eigenvalue weighted by Gasteiger charge is -2.10. The Hall–Kier alpha value is -2.18. The van der Waals surface area contributed by atoms with Gasteiger partial charge in [-0.25, -0.2) is 4.39 Å². The summed E-state index contributed by atoms with van der Waals surface area (Å²) in [6.45, 7) is 6.41. The summed E-state index contributed by atoms with van der Waals surface area (Å²) in [5.74, 6) is -1.12. The number of hydrogen-bond acceptors (Lipinski definition) is 4. The first kappa shape index (κ1) is 15.9. The molecule has 0 aliphatic carbocycles. The number of anilines is 1. The van der Waals surface area contributed by atoms with Gasteiger partial charge in [0, 0.05) is 13.1 Å². The number of hydrogen-bond donors (Lipinski definition) is 2. The molecule has 0 saturated carbocycles. The van der Waals surface area contributed by atoms with Gasteiger partial charge in [0.25, 0.3) is 11.6 Å². The zero-order valence-corrected chi connectivity index (χ0v) is 11.7. The molecule has 6 nitrogen and oxygen atoms in total. The van der Waals surface area contributed by atoms with Gasteiger partial charge in [0.05, 0.1) is 16.7 Å². The van der Waals surface area contributed by atoms with Gasteiger partial charge in [0.1, 0.15) is 5.56 Å². The second kappa shape index (κ2) is 6.83. The molecule has 0 aliphatic heterocycles. The van der Waals surface area contributed by atoms with Crippen LogP contribution in [-0.2, 0) is 0 Å². The first-order chi connectivity index (χ1) is 9.36. The number of halogens is 1. The molecule has 1 aromatic carbocycles. The number of benzene rings is 1. The van der Waals surface area contributed by atoms with Crippen molar-refractivity contribution in [2.45, 2.75) is 20.8 Å². The summed E-state index contributed by atoms with van der Waals surface area (Å²) in [4.78, 5) is 22.1. The Kier molecular flexibility index (Phi) is 5.42. The summed E-state index contributed by atoms with van der Waals surface area (Å²) in [5.41, 5.74) is -0.605. The van der Waals surface area contributed by atoms with Crippen LogP contribution in [0.4, 0.5) is 15.8 Å². The molecule has 0 saturated heterocycles. The lowest BCUT2D eigenvalue weighted by molar-refractivity contribution is -0.385. The summed E-state index contributed by atoms with van der Waals surface area (Å²) in [5, 5.41) is 16.2. The fraction of sp³-hybridized carbons (Fsp3) is 0.462. The van der Waals surface area contributed by atoms with Crippen molar-refractivity contribution < 1.29 is 14.1 Å². The largest absolute Gasteiger partial charge is 0.383 e. The minimum atomic E-state index is -0.761. The lowest BCUT2D eigenvalue weighted by atomic mass is 10.1. The molecule has 0 atom stereocenters. The zero-order chi connectivity index (χ0) is 15.3. The molecular formula is C13H18FN3O3. The van der Waals surface area contributed by atoms with E-state index < -0.39 is 22.3 Å². The highest BCUT2D eigenvalue weighted by molar-refractivity contribution is 5.99. The molecule has 0 heterocycles. The number of nitro groups is 1. The van der Waals surface area contributed by atoms with Gasteiger partial charge in [0.2, 0.25) is 0 Å². The number of nitrogens with zero attached hydrogens (tertiary/aromatic N) is 1. The monoisotopic (exact) mass is 283 g/mol. The molecule has 110 valence electrons. The van der Waals surface area contributed by atoms with Crippen LogP contribution in [0.1, 0.15) is 31.1 Å². The molecule has 7 heteroatoms. The average molecular weight is 283 g/mol. The van der Waals surface area contributed by atoms with Crippen LogP contribution in [0.3, 0.4) is 0 Å². The Bertz CT molecular complexity index is 518. The van der Waals surface area contributed by atoms with Crippen molar-refractivity contribution in [3.63, 3.8) is 0 Å². The fourth-order valence-electron chi connectivity index (χ4n) is 1.61. The van der Waals surface area contributed by atoms with Gasteiger partial charge in [-0.15, -0.1) is 0 Å². The van der Waals surface area contributed by atoms with Gasteiger partial charge < -0.3 is 10.6 Å². The highest BCUT2D eigenvalue weighted by Crippen LogP contribution is 2.26. The SMILES string of the molecule is CCNc1cc(C(=O)NCC(C)C)c([N+](=O)[O-])cc1F. The number of amides is 1. The number of nitro benzene ring substituents is 1. The maximum Gasteiger partial charge on any atom is 0.285 e. The molecule has 0 spiro atoms. The van der Waals surface area contributed by atoms with Crippen LogP contribution < -0.4 is 10.6 Å². The van der Waals surface area contributed by atoms with Crippen molar-refractivity contribution in [2.24, 2.45) is 5.92 Å². The molecule has 20 heavy (non-hydrogen) atoms. The fourth-order valence-corrected chi connectivity index (χ4v) is 1.61. The summed E-state index contributed by atoms with van der Waals surface area (Å²) in [7, 11) is 0. The molecule has 0 radical (unpaired) electrons. The number of carbonyl (C=O) groups excluding carboxylic acids is 1. The van der Waals surface area contributed by atoms with Crippen LogP contribution in [0.2, 0.25) is 0 Å². The summed E-state index contributed by atoms with van der Waals surface area (Å²) in [6.07, 6.45) is 0. The predicted molar refractivity (Wildman–Crippen MR) is 74.4 cm³/mol. The Morgan fingerprint density at radius 3 is 2.60 bits per heavy atom. The van der Waals surface area contributed by atoms with E-state index in [-0.39, 0.29) is 17.2 Å². The molecule has 0 aliphatic rings. The summed E-state index contributed by atoms with van der Waals surface area (Å²) >= 11 is 0. The third kappa shape index (κ3) is 3.91. The van der Waals surface area contributed by atoms with E-state index in [1.165, 1.54) is 6.07 Å². The molecule has 0 bridgehead atoms. The van der Waals surface area contributed by atoms with Crippen molar-refractivity contribution in [3.05, 3.63) is 33.6 Å². The van der Waals surface area contributed by atoms with E-state index in [2.05, 4.69) is 10.6 Å². The van der Waals surface area contributed by atoms with Gasteiger partial charge in [-0.05, 0) is 18.9 Å². The van der Waals surface area contributed by atoms with E-state index in [1.54, 1.807) is 6.92 Å². The molecule has 0 fully saturated rings. The predicted octanol–water partition coefficient (Wildman–Crippen LogP) is 2.55. The first-order valence-electron chi connectivity index (χ1n) is 6.36. The second-order valence-electron chi connectivity index (χ2n) is 4.74. The van der Waals surface area contributed by atoms with E-state index in [0.717, 1.165) is 6.07 Å². The van der Waals surface area contributed by atoms with Crippen LogP contribution in [0, 0.1) is 21.8 Å². The van der Waals surface area contributed by atoms with Crippen molar-refractivity contribution in [1.82, 2.24) is 5.32 Å². The van der Waals surface area contributed by atoms with Crippen LogP contribution in [0.15, 0.2) is 12.1 Å². The number of nitrogens with one attached hydrogen (secondary N) is 2. The topological polar surface area (TPSA) is 84.3 Å². The normalized spacial score (nSPS) is 10.4. The van der Waals surface area contributed by atoms with Crippen LogP contribution in [-0.4, -0.2) is 23.9 Å². The van der Waals surface area contributed by atoms with Gasteiger partial charge in [-0.2, -0.15) is 0 Å². The Morgan fingerprint density at radius 1 is 1.45 bits per heavy atom. The maximum atomic E-state index is 13.7. The maximum absolute atomic E-state index is 13.7.